The van der Waals surface area contributed by atoms with Gasteiger partial charge in [-0.25, -0.2) is 4.68 Å². The van der Waals surface area contributed by atoms with E-state index in [1.807, 2.05) is 0 Å². The van der Waals surface area contributed by atoms with Crippen molar-refractivity contribution in [2.75, 3.05) is 5.32 Å². The van der Waals surface area contributed by atoms with E-state index < -0.39 is 0 Å². The normalized spacial score (nSPS) is 13.2. The van der Waals surface area contributed by atoms with Gasteiger partial charge in [0.1, 0.15) is 0 Å². The molecule has 0 atom stereocenters. The lowest BCUT2D eigenvalue weighted by Crippen LogP contribution is -2.31. The summed E-state index contributed by atoms with van der Waals surface area (Å²) in [5, 5.41) is 8.75. The molecule has 1 aliphatic carbocycles. The number of hydrogen-bond donors (Lipinski definition) is 3. The first-order chi connectivity index (χ1) is 14.0. The van der Waals surface area contributed by atoms with Gasteiger partial charge in [-0.05, 0) is 43.2 Å². The molecule has 1 fully saturated rings. The summed E-state index contributed by atoms with van der Waals surface area (Å²) in [5.74, 6) is -0.491. The van der Waals surface area contributed by atoms with Crippen molar-refractivity contribution in [1.29, 1.82) is 0 Å². The highest BCUT2D eigenvalue weighted by Gasteiger charge is 2.23. The average Bonchev–Trinajstić information content (AvgIpc) is 3.54. The number of hydrogen-bond acceptors (Lipinski definition) is 4. The van der Waals surface area contributed by atoms with Crippen LogP contribution in [0, 0.1) is 0 Å². The second-order valence-corrected chi connectivity index (χ2v) is 7.07. The minimum absolute atomic E-state index is 0.00726. The molecular formula is C21H20N4O4. The monoisotopic (exact) mass is 392 g/mol. The molecule has 8 nitrogen and oxygen atoms in total. The molecule has 0 radical (unpaired) electrons. The minimum Gasteiger partial charge on any atom is -0.349 e. The van der Waals surface area contributed by atoms with E-state index in [1.54, 1.807) is 48.5 Å². The fourth-order valence-corrected chi connectivity index (χ4v) is 3.08. The van der Waals surface area contributed by atoms with E-state index in [2.05, 4.69) is 15.7 Å². The highest BCUT2D eigenvalue weighted by molar-refractivity contribution is 5.97. The Kier molecular flexibility index (Phi) is 4.99. The van der Waals surface area contributed by atoms with Crippen molar-refractivity contribution in [2.24, 2.45) is 0 Å². The van der Waals surface area contributed by atoms with Crippen molar-refractivity contribution in [3.8, 4) is 0 Å². The van der Waals surface area contributed by atoms with Gasteiger partial charge in [0.05, 0.1) is 17.3 Å². The number of amides is 2. The molecule has 148 valence electrons. The Morgan fingerprint density at radius 3 is 2.55 bits per heavy atom. The number of rotatable bonds is 6. The Morgan fingerprint density at radius 2 is 1.79 bits per heavy atom. The molecule has 8 heteroatoms. The fourth-order valence-electron chi connectivity index (χ4n) is 3.08. The van der Waals surface area contributed by atoms with Gasteiger partial charge in [-0.3, -0.25) is 24.3 Å². The Bertz CT molecular complexity index is 1210. The third kappa shape index (κ3) is 4.26. The zero-order chi connectivity index (χ0) is 20.4. The number of nitrogens with zero attached hydrogens (tertiary/aromatic N) is 1. The number of aryl methyl sites for hydroxylation is 1. The number of H-pyrrole nitrogens is 1. The molecule has 2 aromatic carbocycles. The van der Waals surface area contributed by atoms with Gasteiger partial charge in [0.15, 0.2) is 0 Å². The number of benzene rings is 2. The third-order valence-corrected chi connectivity index (χ3v) is 4.77. The van der Waals surface area contributed by atoms with Gasteiger partial charge in [0.25, 0.3) is 17.0 Å². The van der Waals surface area contributed by atoms with Crippen LogP contribution in [0.2, 0.25) is 0 Å². The first kappa shape index (κ1) is 18.7. The zero-order valence-electron chi connectivity index (χ0n) is 15.6. The van der Waals surface area contributed by atoms with Crippen LogP contribution < -0.4 is 21.8 Å². The van der Waals surface area contributed by atoms with Crippen molar-refractivity contribution in [1.82, 2.24) is 15.1 Å². The second kappa shape index (κ2) is 7.75. The summed E-state index contributed by atoms with van der Waals surface area (Å²) in [6, 6.07) is 13.5. The van der Waals surface area contributed by atoms with Gasteiger partial charge in [0.2, 0.25) is 5.91 Å². The molecule has 2 amide bonds. The topological polar surface area (TPSA) is 113 Å². The van der Waals surface area contributed by atoms with E-state index in [1.165, 1.54) is 0 Å². The number of fused-ring (bicyclic) bond motifs is 1. The molecular weight excluding hydrogens is 372 g/mol. The van der Waals surface area contributed by atoms with E-state index in [9.17, 15) is 19.2 Å². The van der Waals surface area contributed by atoms with Gasteiger partial charge < -0.3 is 10.6 Å². The number of anilines is 1. The predicted octanol–water partition coefficient (Wildman–Crippen LogP) is 1.61. The summed E-state index contributed by atoms with van der Waals surface area (Å²) in [6.07, 6.45) is 1.99. The minimum atomic E-state index is -0.380. The van der Waals surface area contributed by atoms with Crippen molar-refractivity contribution < 1.29 is 9.59 Å². The molecule has 3 aromatic rings. The molecule has 0 aliphatic heterocycles. The maximum Gasteiger partial charge on any atom is 0.273 e. The van der Waals surface area contributed by atoms with E-state index in [0.29, 0.717) is 22.0 Å². The Morgan fingerprint density at radius 1 is 1.03 bits per heavy atom. The van der Waals surface area contributed by atoms with Crippen LogP contribution in [0.5, 0.6) is 0 Å². The maximum atomic E-state index is 12.5. The third-order valence-electron chi connectivity index (χ3n) is 4.77. The lowest BCUT2D eigenvalue weighted by atomic mass is 10.2. The van der Waals surface area contributed by atoms with E-state index in [4.69, 9.17) is 0 Å². The van der Waals surface area contributed by atoms with Crippen LogP contribution in [-0.2, 0) is 11.3 Å². The number of nitrogens with one attached hydrogen (secondary N) is 3. The number of carbonyl (C=O) groups excluding carboxylic acids is 2. The SMILES string of the molecule is O=C(CCn1[nH]c(=O)c2ccccc2c1=O)Nc1cccc(C(=O)NC2CC2)c1. The van der Waals surface area contributed by atoms with Gasteiger partial charge in [-0.2, -0.15) is 0 Å². The average molecular weight is 392 g/mol. The molecule has 0 saturated heterocycles. The highest BCUT2D eigenvalue weighted by Crippen LogP contribution is 2.20. The van der Waals surface area contributed by atoms with Crippen molar-refractivity contribution >= 4 is 28.3 Å². The van der Waals surface area contributed by atoms with Crippen LogP contribution in [0.15, 0.2) is 58.1 Å². The number of aromatic amines is 1. The van der Waals surface area contributed by atoms with Gasteiger partial charge in [-0.15, -0.1) is 0 Å². The van der Waals surface area contributed by atoms with Crippen molar-refractivity contribution in [3.05, 3.63) is 74.8 Å². The van der Waals surface area contributed by atoms with Crippen LogP contribution in [0.4, 0.5) is 5.69 Å². The highest BCUT2D eigenvalue weighted by atomic mass is 16.2. The van der Waals surface area contributed by atoms with Crippen molar-refractivity contribution in [3.63, 3.8) is 0 Å². The Hall–Kier alpha value is -3.68. The predicted molar refractivity (Wildman–Crippen MR) is 109 cm³/mol. The maximum absolute atomic E-state index is 12.5. The molecule has 0 spiro atoms. The molecule has 4 rings (SSSR count). The van der Waals surface area contributed by atoms with Crippen LogP contribution in [0.3, 0.4) is 0 Å². The number of aromatic nitrogens is 2. The summed E-state index contributed by atoms with van der Waals surface area (Å²) < 4.78 is 1.14. The summed E-state index contributed by atoms with van der Waals surface area (Å²) in [7, 11) is 0. The summed E-state index contributed by atoms with van der Waals surface area (Å²) in [6.45, 7) is 0.0343. The summed E-state index contributed by atoms with van der Waals surface area (Å²) >= 11 is 0. The quantitative estimate of drug-likeness (QED) is 0.591. The van der Waals surface area contributed by atoms with Gasteiger partial charge in [-0.1, -0.05) is 18.2 Å². The van der Waals surface area contributed by atoms with E-state index >= 15 is 0 Å². The smallest absolute Gasteiger partial charge is 0.273 e. The van der Waals surface area contributed by atoms with Crippen molar-refractivity contribution in [2.45, 2.75) is 31.8 Å². The summed E-state index contributed by atoms with van der Waals surface area (Å²) in [5.41, 5.74) is 0.240. The molecule has 1 heterocycles. The largest absolute Gasteiger partial charge is 0.349 e. The first-order valence-corrected chi connectivity index (χ1v) is 9.44. The van der Waals surface area contributed by atoms with E-state index in [0.717, 1.165) is 17.5 Å². The van der Waals surface area contributed by atoms with Crippen LogP contribution in [0.25, 0.3) is 10.8 Å². The Balaban J connectivity index is 1.42. The molecule has 0 unspecified atom stereocenters. The van der Waals surface area contributed by atoms with Gasteiger partial charge in [0, 0.05) is 23.7 Å². The molecule has 1 aromatic heterocycles. The standard InChI is InChI=1S/C21H20N4O4/c26-18(22-15-5-3-4-13(12-15)19(27)23-14-8-9-14)10-11-25-21(29)17-7-2-1-6-16(17)20(28)24-25/h1-7,12,14H,8-11H2,(H,22,26)(H,23,27)(H,24,28). The van der Waals surface area contributed by atoms with Crippen LogP contribution >= 0.6 is 0 Å². The van der Waals surface area contributed by atoms with Crippen LogP contribution in [0.1, 0.15) is 29.6 Å². The molecule has 0 bridgehead atoms. The van der Waals surface area contributed by atoms with Crippen LogP contribution in [-0.4, -0.2) is 27.6 Å². The van der Waals surface area contributed by atoms with E-state index in [-0.39, 0.29) is 41.9 Å². The lowest BCUT2D eigenvalue weighted by molar-refractivity contribution is -0.116. The molecule has 1 saturated carbocycles. The fraction of sp³-hybridized carbons (Fsp3) is 0.238. The van der Waals surface area contributed by atoms with Gasteiger partial charge >= 0.3 is 0 Å². The zero-order valence-corrected chi connectivity index (χ0v) is 15.6. The second-order valence-electron chi connectivity index (χ2n) is 7.07. The Labute approximate surface area is 165 Å². The first-order valence-electron chi connectivity index (χ1n) is 9.44. The molecule has 29 heavy (non-hydrogen) atoms. The lowest BCUT2D eigenvalue weighted by Gasteiger charge is -2.09. The molecule has 3 N–H and O–H groups in total. The number of carbonyl (C=O) groups is 2. The molecule has 1 aliphatic rings. The summed E-state index contributed by atoms with van der Waals surface area (Å²) in [4.78, 5) is 49.0.